The highest BCUT2D eigenvalue weighted by atomic mass is 16.6. The molecule has 1 aromatic carbocycles. The first-order chi connectivity index (χ1) is 8.33. The molecule has 0 aromatic heterocycles. The molecular formula is C13H21N3O2. The molecule has 5 heteroatoms. The Morgan fingerprint density at radius 2 is 2.06 bits per heavy atom. The topological polar surface area (TPSA) is 58.4 Å². The fourth-order valence-corrected chi connectivity index (χ4v) is 1.45. The SMILES string of the molecule is CN(C)C(C)(C)CNCc1cccc([N+](=O)[O-])c1. The zero-order valence-electron chi connectivity index (χ0n) is 11.4. The standard InChI is InChI=1S/C13H21N3O2/c1-13(2,15(3)4)10-14-9-11-6-5-7-12(8-11)16(17)18/h5-8,14H,9-10H2,1-4H3. The van der Waals surface area contributed by atoms with Crippen LogP contribution in [-0.4, -0.2) is 36.0 Å². The van der Waals surface area contributed by atoms with Gasteiger partial charge in [0, 0.05) is 30.8 Å². The Bertz CT molecular complexity index is 416. The van der Waals surface area contributed by atoms with Crippen LogP contribution >= 0.6 is 0 Å². The van der Waals surface area contributed by atoms with Gasteiger partial charge in [-0.25, -0.2) is 0 Å². The molecule has 100 valence electrons. The lowest BCUT2D eigenvalue weighted by Gasteiger charge is -2.32. The van der Waals surface area contributed by atoms with E-state index in [1.165, 1.54) is 6.07 Å². The van der Waals surface area contributed by atoms with Crippen molar-refractivity contribution in [2.75, 3.05) is 20.6 Å². The third kappa shape index (κ3) is 4.09. The van der Waals surface area contributed by atoms with E-state index in [1.54, 1.807) is 12.1 Å². The average Bonchev–Trinajstić information content (AvgIpc) is 2.29. The van der Waals surface area contributed by atoms with E-state index in [9.17, 15) is 10.1 Å². The van der Waals surface area contributed by atoms with Crippen LogP contribution in [0.4, 0.5) is 5.69 Å². The molecule has 1 rings (SSSR count). The molecule has 0 saturated carbocycles. The maximum atomic E-state index is 10.7. The van der Waals surface area contributed by atoms with Crippen LogP contribution in [-0.2, 0) is 6.54 Å². The van der Waals surface area contributed by atoms with Gasteiger partial charge in [0.1, 0.15) is 0 Å². The molecule has 0 amide bonds. The van der Waals surface area contributed by atoms with Crippen molar-refractivity contribution in [2.24, 2.45) is 0 Å². The summed E-state index contributed by atoms with van der Waals surface area (Å²) >= 11 is 0. The quantitative estimate of drug-likeness (QED) is 0.621. The smallest absolute Gasteiger partial charge is 0.269 e. The summed E-state index contributed by atoms with van der Waals surface area (Å²) in [6.45, 7) is 5.75. The molecule has 0 radical (unpaired) electrons. The number of non-ortho nitro benzene ring substituents is 1. The highest BCUT2D eigenvalue weighted by molar-refractivity contribution is 5.34. The van der Waals surface area contributed by atoms with Crippen LogP contribution < -0.4 is 5.32 Å². The number of nitrogens with zero attached hydrogens (tertiary/aromatic N) is 2. The first-order valence-corrected chi connectivity index (χ1v) is 5.94. The lowest BCUT2D eigenvalue weighted by molar-refractivity contribution is -0.384. The number of nitro groups is 1. The van der Waals surface area contributed by atoms with E-state index in [1.807, 2.05) is 20.2 Å². The van der Waals surface area contributed by atoms with E-state index < -0.39 is 0 Å². The summed E-state index contributed by atoms with van der Waals surface area (Å²) in [5, 5.41) is 14.0. The molecule has 5 nitrogen and oxygen atoms in total. The summed E-state index contributed by atoms with van der Waals surface area (Å²) in [6, 6.07) is 6.72. The van der Waals surface area contributed by atoms with Crippen LogP contribution in [0.2, 0.25) is 0 Å². The molecule has 0 fully saturated rings. The fourth-order valence-electron chi connectivity index (χ4n) is 1.45. The zero-order chi connectivity index (χ0) is 13.8. The van der Waals surface area contributed by atoms with Gasteiger partial charge >= 0.3 is 0 Å². The Morgan fingerprint density at radius 3 is 2.61 bits per heavy atom. The van der Waals surface area contributed by atoms with Gasteiger partial charge in [-0.05, 0) is 33.5 Å². The Labute approximate surface area is 108 Å². The predicted molar refractivity (Wildman–Crippen MR) is 72.6 cm³/mol. The third-order valence-corrected chi connectivity index (χ3v) is 3.22. The second-order valence-electron chi connectivity index (χ2n) is 5.24. The molecule has 0 aliphatic heterocycles. The second-order valence-corrected chi connectivity index (χ2v) is 5.24. The molecule has 0 aliphatic carbocycles. The molecule has 0 bridgehead atoms. The van der Waals surface area contributed by atoms with Crippen molar-refractivity contribution in [1.29, 1.82) is 0 Å². The minimum atomic E-state index is -0.368. The van der Waals surface area contributed by atoms with Crippen LogP contribution in [0.5, 0.6) is 0 Å². The van der Waals surface area contributed by atoms with Crippen molar-refractivity contribution in [3.63, 3.8) is 0 Å². The summed E-state index contributed by atoms with van der Waals surface area (Å²) in [4.78, 5) is 12.4. The number of benzene rings is 1. The van der Waals surface area contributed by atoms with Crippen LogP contribution in [0.3, 0.4) is 0 Å². The highest BCUT2D eigenvalue weighted by Gasteiger charge is 2.19. The number of nitrogens with one attached hydrogen (secondary N) is 1. The van der Waals surface area contributed by atoms with E-state index in [2.05, 4.69) is 24.1 Å². The van der Waals surface area contributed by atoms with Crippen LogP contribution in [0.1, 0.15) is 19.4 Å². The molecule has 1 aromatic rings. The number of nitro benzene ring substituents is 1. The van der Waals surface area contributed by atoms with Crippen molar-refractivity contribution in [3.8, 4) is 0 Å². The third-order valence-electron chi connectivity index (χ3n) is 3.22. The summed E-state index contributed by atoms with van der Waals surface area (Å²) in [6.07, 6.45) is 0. The summed E-state index contributed by atoms with van der Waals surface area (Å²) in [5.74, 6) is 0. The Balaban J connectivity index is 2.54. The van der Waals surface area contributed by atoms with E-state index in [0.29, 0.717) is 6.54 Å². The maximum absolute atomic E-state index is 10.7. The molecular weight excluding hydrogens is 230 g/mol. The van der Waals surface area contributed by atoms with Crippen molar-refractivity contribution < 1.29 is 4.92 Å². The van der Waals surface area contributed by atoms with E-state index in [4.69, 9.17) is 0 Å². The Kier molecular flexibility index (Phi) is 4.81. The van der Waals surface area contributed by atoms with Crippen LogP contribution in [0, 0.1) is 10.1 Å². The average molecular weight is 251 g/mol. The predicted octanol–water partition coefficient (Wildman–Crippen LogP) is 2.02. The molecule has 0 spiro atoms. The lowest BCUT2D eigenvalue weighted by Crippen LogP contribution is -2.46. The molecule has 1 N–H and O–H groups in total. The zero-order valence-corrected chi connectivity index (χ0v) is 11.4. The maximum Gasteiger partial charge on any atom is 0.269 e. The van der Waals surface area contributed by atoms with Crippen LogP contribution in [0.25, 0.3) is 0 Å². The molecule has 0 atom stereocenters. The Hall–Kier alpha value is -1.46. The number of hydrogen-bond acceptors (Lipinski definition) is 4. The number of rotatable bonds is 6. The molecule has 0 saturated heterocycles. The van der Waals surface area contributed by atoms with Gasteiger partial charge in [0.15, 0.2) is 0 Å². The van der Waals surface area contributed by atoms with Gasteiger partial charge in [0.2, 0.25) is 0 Å². The summed E-state index contributed by atoms with van der Waals surface area (Å²) in [5.41, 5.74) is 1.13. The monoisotopic (exact) mass is 251 g/mol. The van der Waals surface area contributed by atoms with E-state index >= 15 is 0 Å². The number of likely N-dealkylation sites (N-methyl/N-ethyl adjacent to an activating group) is 1. The van der Waals surface area contributed by atoms with Crippen molar-refractivity contribution in [1.82, 2.24) is 10.2 Å². The molecule has 0 unspecified atom stereocenters. The molecule has 18 heavy (non-hydrogen) atoms. The molecule has 0 heterocycles. The minimum Gasteiger partial charge on any atom is -0.311 e. The van der Waals surface area contributed by atoms with Gasteiger partial charge in [-0.15, -0.1) is 0 Å². The van der Waals surface area contributed by atoms with Gasteiger partial charge in [0.05, 0.1) is 4.92 Å². The minimum absolute atomic E-state index is 0.0563. The summed E-state index contributed by atoms with van der Waals surface area (Å²) < 4.78 is 0. The van der Waals surface area contributed by atoms with E-state index in [0.717, 1.165) is 12.1 Å². The number of hydrogen-bond donors (Lipinski definition) is 1. The Morgan fingerprint density at radius 1 is 1.39 bits per heavy atom. The largest absolute Gasteiger partial charge is 0.311 e. The molecule has 0 aliphatic rings. The first kappa shape index (κ1) is 14.6. The second kappa shape index (κ2) is 5.93. The van der Waals surface area contributed by atoms with Gasteiger partial charge in [-0.3, -0.25) is 10.1 Å². The van der Waals surface area contributed by atoms with Gasteiger partial charge in [-0.2, -0.15) is 0 Å². The summed E-state index contributed by atoms with van der Waals surface area (Å²) in [7, 11) is 4.07. The van der Waals surface area contributed by atoms with E-state index in [-0.39, 0.29) is 16.1 Å². The first-order valence-electron chi connectivity index (χ1n) is 5.94. The van der Waals surface area contributed by atoms with Gasteiger partial charge < -0.3 is 10.2 Å². The van der Waals surface area contributed by atoms with Crippen molar-refractivity contribution in [3.05, 3.63) is 39.9 Å². The van der Waals surface area contributed by atoms with Crippen molar-refractivity contribution >= 4 is 5.69 Å². The van der Waals surface area contributed by atoms with Gasteiger partial charge in [0.25, 0.3) is 5.69 Å². The lowest BCUT2D eigenvalue weighted by atomic mass is 10.0. The van der Waals surface area contributed by atoms with Gasteiger partial charge in [-0.1, -0.05) is 12.1 Å². The fraction of sp³-hybridized carbons (Fsp3) is 0.538. The highest BCUT2D eigenvalue weighted by Crippen LogP contribution is 2.13. The normalized spacial score (nSPS) is 11.8. The van der Waals surface area contributed by atoms with Crippen LogP contribution in [0.15, 0.2) is 24.3 Å². The van der Waals surface area contributed by atoms with Crippen molar-refractivity contribution in [2.45, 2.75) is 25.9 Å².